The van der Waals surface area contributed by atoms with Crippen LogP contribution >= 0.6 is 11.8 Å². The molecule has 2 aromatic rings. The highest BCUT2D eigenvalue weighted by Gasteiger charge is 2.29. The van der Waals surface area contributed by atoms with Gasteiger partial charge in [-0.15, -0.1) is 0 Å². The molecule has 2 aromatic carbocycles. The molecular weight excluding hydrogens is 454 g/mol. The van der Waals surface area contributed by atoms with Crippen molar-refractivity contribution in [2.45, 2.75) is 24.8 Å². The Hall–Kier alpha value is -3.14. The number of carbonyl (C=O) groups excluding carboxylic acids is 2. The number of alkyl carbamates (subject to hydrolysis) is 1. The first kappa shape index (κ1) is 24.5. The van der Waals surface area contributed by atoms with Crippen molar-refractivity contribution in [3.8, 4) is 11.1 Å². The number of aliphatic carboxylic acids is 1. The summed E-state index contributed by atoms with van der Waals surface area (Å²) in [5.74, 6) is -1.92. The Morgan fingerprint density at radius 3 is 2.21 bits per heavy atom. The Kier molecular flexibility index (Phi) is 8.65. The van der Waals surface area contributed by atoms with Gasteiger partial charge in [0.2, 0.25) is 5.91 Å². The van der Waals surface area contributed by atoms with E-state index in [1.165, 1.54) is 0 Å². The lowest BCUT2D eigenvalue weighted by molar-refractivity contribution is -0.139. The van der Waals surface area contributed by atoms with E-state index in [1.807, 2.05) is 53.8 Å². The summed E-state index contributed by atoms with van der Waals surface area (Å²) in [5, 5.41) is 13.2. The summed E-state index contributed by atoms with van der Waals surface area (Å²) in [6.07, 6.45) is -4.40. The van der Waals surface area contributed by atoms with E-state index in [0.717, 1.165) is 34.0 Å². The third-order valence-electron chi connectivity index (χ3n) is 5.14. The van der Waals surface area contributed by atoms with Gasteiger partial charge in [-0.25, -0.2) is 13.6 Å². The van der Waals surface area contributed by atoms with E-state index in [1.54, 1.807) is 0 Å². The summed E-state index contributed by atoms with van der Waals surface area (Å²) < 4.78 is 30.9. The maximum Gasteiger partial charge on any atom is 0.407 e. The lowest BCUT2D eigenvalue weighted by atomic mass is 9.98. The quantitative estimate of drug-likeness (QED) is 0.427. The van der Waals surface area contributed by atoms with E-state index in [4.69, 9.17) is 9.84 Å². The summed E-state index contributed by atoms with van der Waals surface area (Å²) in [5.41, 5.74) is 4.49. The van der Waals surface area contributed by atoms with Gasteiger partial charge >= 0.3 is 12.1 Å². The number of hydrogen-bond acceptors (Lipinski definition) is 5. The first-order valence-electron chi connectivity index (χ1n) is 10.3. The highest BCUT2D eigenvalue weighted by atomic mass is 32.2. The number of carbonyl (C=O) groups is 3. The van der Waals surface area contributed by atoms with Gasteiger partial charge < -0.3 is 20.5 Å². The van der Waals surface area contributed by atoms with E-state index in [9.17, 15) is 23.2 Å². The summed E-state index contributed by atoms with van der Waals surface area (Å²) in [6, 6.07) is 14.3. The molecule has 0 aromatic heterocycles. The van der Waals surface area contributed by atoms with Crippen LogP contribution in [0.4, 0.5) is 13.6 Å². The number of nitrogens with one attached hydrogen (secondary N) is 2. The number of rotatable bonds is 11. The summed E-state index contributed by atoms with van der Waals surface area (Å²) in [4.78, 5) is 34.4. The number of thioether (sulfide) groups is 1. The third kappa shape index (κ3) is 6.67. The Bertz CT molecular complexity index is 959. The topological polar surface area (TPSA) is 105 Å². The van der Waals surface area contributed by atoms with E-state index >= 15 is 0 Å². The smallest absolute Gasteiger partial charge is 0.407 e. The van der Waals surface area contributed by atoms with Gasteiger partial charge in [-0.3, -0.25) is 9.59 Å². The van der Waals surface area contributed by atoms with Crippen molar-refractivity contribution in [1.29, 1.82) is 0 Å². The normalized spacial score (nSPS) is 13.2. The Morgan fingerprint density at radius 2 is 1.64 bits per heavy atom. The zero-order valence-corrected chi connectivity index (χ0v) is 18.4. The zero-order chi connectivity index (χ0) is 23.8. The zero-order valence-electron chi connectivity index (χ0n) is 17.6. The number of benzene rings is 2. The van der Waals surface area contributed by atoms with Crippen molar-refractivity contribution in [2.24, 2.45) is 0 Å². The van der Waals surface area contributed by atoms with Crippen molar-refractivity contribution in [1.82, 2.24) is 10.6 Å². The molecule has 2 amide bonds. The van der Waals surface area contributed by atoms with Crippen molar-refractivity contribution in [2.75, 3.05) is 24.7 Å². The molecule has 1 atom stereocenters. The van der Waals surface area contributed by atoms with Crippen LogP contribution in [-0.4, -0.2) is 60.2 Å². The summed E-state index contributed by atoms with van der Waals surface area (Å²) in [7, 11) is 0. The molecule has 33 heavy (non-hydrogen) atoms. The Labute approximate surface area is 193 Å². The van der Waals surface area contributed by atoms with Crippen LogP contribution in [0.25, 0.3) is 11.1 Å². The molecule has 0 spiro atoms. The molecule has 3 N–H and O–H groups in total. The van der Waals surface area contributed by atoms with E-state index < -0.39 is 36.9 Å². The average Bonchev–Trinajstić information content (AvgIpc) is 3.10. The highest BCUT2D eigenvalue weighted by molar-refractivity contribution is 7.99. The molecule has 0 aliphatic heterocycles. The highest BCUT2D eigenvalue weighted by Crippen LogP contribution is 2.44. The first-order chi connectivity index (χ1) is 15.9. The Balaban J connectivity index is 1.37. The molecule has 0 saturated heterocycles. The lowest BCUT2D eigenvalue weighted by Crippen LogP contribution is -2.42. The number of fused-ring (bicyclic) bond motifs is 3. The molecule has 0 bridgehead atoms. The SMILES string of the molecule is O=C(O)CC(NC(=O)CSCCNC(=O)OCC1c2ccccc2-c2ccccc21)C(F)F. The van der Waals surface area contributed by atoms with Crippen LogP contribution in [0.15, 0.2) is 48.5 Å². The van der Waals surface area contributed by atoms with Crippen LogP contribution in [0.5, 0.6) is 0 Å². The van der Waals surface area contributed by atoms with E-state index in [2.05, 4.69) is 5.32 Å². The molecule has 176 valence electrons. The maximum atomic E-state index is 12.8. The number of amides is 2. The minimum Gasteiger partial charge on any atom is -0.481 e. The van der Waals surface area contributed by atoms with Crippen LogP contribution in [0, 0.1) is 0 Å². The lowest BCUT2D eigenvalue weighted by Gasteiger charge is -2.16. The second-order valence-electron chi connectivity index (χ2n) is 7.41. The fourth-order valence-corrected chi connectivity index (χ4v) is 4.34. The molecule has 1 unspecified atom stereocenters. The number of hydrogen-bond donors (Lipinski definition) is 3. The number of ether oxygens (including phenoxy) is 1. The average molecular weight is 479 g/mol. The molecule has 0 heterocycles. The predicted octanol–water partition coefficient (Wildman–Crippen LogP) is 3.48. The van der Waals surface area contributed by atoms with Gasteiger partial charge in [-0.05, 0) is 22.3 Å². The van der Waals surface area contributed by atoms with Crippen LogP contribution < -0.4 is 10.6 Å². The van der Waals surface area contributed by atoms with Crippen molar-refractivity contribution in [3.05, 3.63) is 59.7 Å². The van der Waals surface area contributed by atoms with Gasteiger partial charge in [0.25, 0.3) is 6.43 Å². The van der Waals surface area contributed by atoms with Gasteiger partial charge in [-0.1, -0.05) is 48.5 Å². The molecule has 1 aliphatic carbocycles. The van der Waals surface area contributed by atoms with Crippen LogP contribution in [-0.2, 0) is 14.3 Å². The predicted molar refractivity (Wildman–Crippen MR) is 121 cm³/mol. The van der Waals surface area contributed by atoms with Crippen LogP contribution in [0.1, 0.15) is 23.5 Å². The molecule has 1 aliphatic rings. The van der Waals surface area contributed by atoms with E-state index in [0.29, 0.717) is 5.75 Å². The molecule has 0 fully saturated rings. The van der Waals surface area contributed by atoms with Gasteiger partial charge in [-0.2, -0.15) is 11.8 Å². The third-order valence-corrected chi connectivity index (χ3v) is 6.10. The first-order valence-corrected chi connectivity index (χ1v) is 11.5. The largest absolute Gasteiger partial charge is 0.481 e. The number of halogens is 2. The van der Waals surface area contributed by atoms with Gasteiger partial charge in [0.15, 0.2) is 0 Å². The van der Waals surface area contributed by atoms with E-state index in [-0.39, 0.29) is 24.8 Å². The maximum absolute atomic E-state index is 12.8. The molecule has 10 heteroatoms. The van der Waals surface area contributed by atoms with Crippen molar-refractivity contribution < 1.29 is 33.0 Å². The van der Waals surface area contributed by atoms with Gasteiger partial charge in [0.1, 0.15) is 12.6 Å². The van der Waals surface area contributed by atoms with Crippen LogP contribution in [0.3, 0.4) is 0 Å². The number of carboxylic acid groups (broad SMARTS) is 1. The van der Waals surface area contributed by atoms with Gasteiger partial charge in [0.05, 0.1) is 12.2 Å². The molecule has 0 saturated carbocycles. The van der Waals surface area contributed by atoms with Crippen molar-refractivity contribution in [3.63, 3.8) is 0 Å². The fourth-order valence-electron chi connectivity index (χ4n) is 3.68. The summed E-state index contributed by atoms with van der Waals surface area (Å²) in [6.45, 7) is 0.413. The molecular formula is C23H24F2N2O5S. The van der Waals surface area contributed by atoms with Crippen LogP contribution in [0.2, 0.25) is 0 Å². The molecule has 3 rings (SSSR count). The fraction of sp³-hybridized carbons (Fsp3) is 0.348. The van der Waals surface area contributed by atoms with Crippen molar-refractivity contribution >= 4 is 29.7 Å². The minimum absolute atomic E-state index is 0.0465. The van der Waals surface area contributed by atoms with Gasteiger partial charge in [0, 0.05) is 18.2 Å². The molecule has 7 nitrogen and oxygen atoms in total. The second-order valence-corrected chi connectivity index (χ2v) is 8.52. The number of alkyl halides is 2. The minimum atomic E-state index is -2.97. The monoisotopic (exact) mass is 478 g/mol. The second kappa shape index (κ2) is 11.6. The molecule has 0 radical (unpaired) electrons. The number of carboxylic acids is 1. The Morgan fingerprint density at radius 1 is 1.03 bits per heavy atom. The standard InChI is InChI=1S/C23H24F2N2O5S/c24-22(25)19(11-21(29)30)27-20(28)13-33-10-9-26-23(31)32-12-18-16-7-3-1-5-14(16)15-6-2-4-8-17(15)18/h1-8,18-19,22H,9-13H2,(H,26,31)(H,27,28)(H,29,30). The summed E-state index contributed by atoms with van der Waals surface area (Å²) >= 11 is 1.13.